The Kier molecular flexibility index (Phi) is 7.89. The molecule has 3 aromatic rings. The third-order valence-electron chi connectivity index (χ3n) is 8.69. The van der Waals surface area contributed by atoms with Gasteiger partial charge in [-0.2, -0.15) is 0 Å². The molecule has 0 bridgehead atoms. The average molecular weight is 526 g/mol. The predicted molar refractivity (Wildman–Crippen MR) is 161 cm³/mol. The van der Waals surface area contributed by atoms with Crippen LogP contribution in [-0.4, -0.2) is 55.8 Å². The van der Waals surface area contributed by atoms with Crippen LogP contribution in [0.3, 0.4) is 0 Å². The molecule has 1 unspecified atom stereocenters. The van der Waals surface area contributed by atoms with Gasteiger partial charge in [-0.1, -0.05) is 75.4 Å². The molecule has 0 amide bonds. The Bertz CT molecular complexity index is 1260. The molecule has 4 nitrogen and oxygen atoms in total. The van der Waals surface area contributed by atoms with E-state index in [0.717, 1.165) is 51.3 Å². The monoisotopic (exact) mass is 525 g/mol. The number of hydrogen-bond acceptors (Lipinski definition) is 4. The highest BCUT2D eigenvalue weighted by atomic mass is 28.4. The first kappa shape index (κ1) is 26.9. The van der Waals surface area contributed by atoms with Gasteiger partial charge in [0, 0.05) is 44.6 Å². The molecule has 0 radical (unpaired) electrons. The van der Waals surface area contributed by atoms with Crippen molar-refractivity contribution in [1.29, 1.82) is 0 Å². The fourth-order valence-electron chi connectivity index (χ4n) is 5.39. The highest BCUT2D eigenvalue weighted by molar-refractivity contribution is 6.74. The van der Waals surface area contributed by atoms with Gasteiger partial charge in [-0.3, -0.25) is 14.8 Å². The van der Waals surface area contributed by atoms with E-state index in [4.69, 9.17) is 9.41 Å². The summed E-state index contributed by atoms with van der Waals surface area (Å²) in [6.45, 7) is 16.8. The molecule has 0 spiro atoms. The Labute approximate surface area is 230 Å². The van der Waals surface area contributed by atoms with E-state index in [-0.39, 0.29) is 11.1 Å². The van der Waals surface area contributed by atoms with Gasteiger partial charge in [0.05, 0.1) is 6.04 Å². The zero-order chi connectivity index (χ0) is 26.8. The largest absolute Gasteiger partial charge is 0.543 e. The minimum absolute atomic E-state index is 0.168. The summed E-state index contributed by atoms with van der Waals surface area (Å²) >= 11 is 0. The number of pyridine rings is 1. The summed E-state index contributed by atoms with van der Waals surface area (Å²) in [6.07, 6.45) is 8.51. The van der Waals surface area contributed by atoms with Crippen molar-refractivity contribution in [2.45, 2.75) is 57.8 Å². The first-order valence-corrected chi connectivity index (χ1v) is 17.1. The summed E-state index contributed by atoms with van der Waals surface area (Å²) < 4.78 is 6.78. The van der Waals surface area contributed by atoms with Gasteiger partial charge in [-0.15, -0.1) is 0 Å². The van der Waals surface area contributed by atoms with Crippen LogP contribution in [0.15, 0.2) is 72.9 Å². The summed E-state index contributed by atoms with van der Waals surface area (Å²) in [7, 11) is -1.92. The lowest BCUT2D eigenvalue weighted by Gasteiger charge is -2.40. The first-order chi connectivity index (χ1) is 18.2. The number of benzene rings is 2. The van der Waals surface area contributed by atoms with Crippen molar-refractivity contribution >= 4 is 14.4 Å². The number of rotatable bonds is 6. The van der Waals surface area contributed by atoms with Crippen molar-refractivity contribution in [1.82, 2.24) is 14.8 Å². The molecule has 1 aliphatic heterocycles. The predicted octanol–water partition coefficient (Wildman–Crippen LogP) is 6.98. The second-order valence-electron chi connectivity index (χ2n) is 12.3. The average Bonchev–Trinajstić information content (AvgIpc) is 3.05. The fourth-order valence-corrected chi connectivity index (χ4v) is 6.42. The molecule has 1 fully saturated rings. The van der Waals surface area contributed by atoms with Crippen LogP contribution in [0.2, 0.25) is 18.1 Å². The van der Waals surface area contributed by atoms with E-state index in [2.05, 4.69) is 116 Å². The van der Waals surface area contributed by atoms with Crippen LogP contribution in [0.4, 0.5) is 0 Å². The van der Waals surface area contributed by atoms with Gasteiger partial charge in [0.25, 0.3) is 0 Å². The molecule has 5 heteroatoms. The minimum atomic E-state index is -1.92. The number of hydrogen-bond donors (Lipinski definition) is 0. The maximum atomic E-state index is 6.78. The van der Waals surface area contributed by atoms with Crippen LogP contribution in [-0.2, 0) is 12.8 Å². The maximum Gasteiger partial charge on any atom is 0.250 e. The number of aromatic nitrogens is 1. The molecule has 1 aromatic heterocycles. The Balaban J connectivity index is 1.37. The quantitative estimate of drug-likeness (QED) is 0.325. The van der Waals surface area contributed by atoms with Gasteiger partial charge in [0.2, 0.25) is 8.32 Å². The van der Waals surface area contributed by atoms with Crippen molar-refractivity contribution in [3.8, 4) is 5.75 Å². The van der Waals surface area contributed by atoms with E-state index in [1.54, 1.807) is 0 Å². The molecule has 1 atom stereocenters. The van der Waals surface area contributed by atoms with E-state index in [1.165, 1.54) is 27.9 Å². The normalized spacial score (nSPS) is 19.1. The molecule has 1 saturated heterocycles. The maximum absolute atomic E-state index is 6.78. The van der Waals surface area contributed by atoms with Gasteiger partial charge in [-0.05, 0) is 71.4 Å². The Morgan fingerprint density at radius 2 is 1.68 bits per heavy atom. The van der Waals surface area contributed by atoms with Gasteiger partial charge in [0.1, 0.15) is 5.75 Å². The summed E-state index contributed by atoms with van der Waals surface area (Å²) in [4.78, 5) is 10.1. The molecular weight excluding hydrogens is 482 g/mol. The van der Waals surface area contributed by atoms with Gasteiger partial charge >= 0.3 is 0 Å². The molecule has 200 valence electrons. The third kappa shape index (κ3) is 5.95. The Morgan fingerprint density at radius 1 is 0.921 bits per heavy atom. The number of aryl methyl sites for hydroxylation is 2. The lowest BCUT2D eigenvalue weighted by atomic mass is 9.93. The van der Waals surface area contributed by atoms with Crippen LogP contribution in [0.25, 0.3) is 6.08 Å². The highest BCUT2D eigenvalue weighted by Crippen LogP contribution is 2.41. The summed E-state index contributed by atoms with van der Waals surface area (Å²) in [5.74, 6) is 1.03. The van der Waals surface area contributed by atoms with Crippen LogP contribution in [0.1, 0.15) is 54.8 Å². The van der Waals surface area contributed by atoms with Crippen LogP contribution < -0.4 is 4.43 Å². The molecule has 5 rings (SSSR count). The SMILES string of the molecule is CC(C)(C)[Si](C)(C)Oc1ccc2c(c1)C(N1CCN(C/C=C/c3ccccc3)CC1)c1cccnc1CC2. The molecule has 2 aromatic carbocycles. The van der Waals surface area contributed by atoms with Crippen molar-refractivity contribution in [3.05, 3.63) is 101 Å². The van der Waals surface area contributed by atoms with Gasteiger partial charge in [-0.25, -0.2) is 0 Å². The third-order valence-corrected chi connectivity index (χ3v) is 13.0. The molecule has 2 aliphatic rings. The summed E-state index contributed by atoms with van der Waals surface area (Å²) in [5, 5.41) is 0.168. The number of piperazine rings is 1. The van der Waals surface area contributed by atoms with Crippen LogP contribution in [0.5, 0.6) is 5.75 Å². The second-order valence-corrected chi connectivity index (χ2v) is 17.0. The summed E-state index contributed by atoms with van der Waals surface area (Å²) in [6, 6.07) is 22.1. The molecule has 2 heterocycles. The van der Waals surface area contributed by atoms with E-state index in [9.17, 15) is 0 Å². The zero-order valence-corrected chi connectivity index (χ0v) is 24.8. The van der Waals surface area contributed by atoms with Crippen LogP contribution >= 0.6 is 0 Å². The van der Waals surface area contributed by atoms with E-state index in [1.807, 2.05) is 6.20 Å². The van der Waals surface area contributed by atoms with E-state index >= 15 is 0 Å². The van der Waals surface area contributed by atoms with Crippen molar-refractivity contribution in [2.75, 3.05) is 32.7 Å². The smallest absolute Gasteiger partial charge is 0.250 e. The Morgan fingerprint density at radius 3 is 2.42 bits per heavy atom. The first-order valence-electron chi connectivity index (χ1n) is 14.1. The fraction of sp³-hybridized carbons (Fsp3) is 0.424. The van der Waals surface area contributed by atoms with Crippen molar-refractivity contribution in [3.63, 3.8) is 0 Å². The number of nitrogens with zero attached hydrogens (tertiary/aromatic N) is 3. The molecule has 38 heavy (non-hydrogen) atoms. The zero-order valence-electron chi connectivity index (χ0n) is 23.8. The van der Waals surface area contributed by atoms with Crippen molar-refractivity contribution in [2.24, 2.45) is 0 Å². The second kappa shape index (κ2) is 11.2. The number of fused-ring (bicyclic) bond motifs is 2. The molecular formula is C33H43N3OSi. The topological polar surface area (TPSA) is 28.6 Å². The van der Waals surface area contributed by atoms with E-state index < -0.39 is 8.32 Å². The van der Waals surface area contributed by atoms with Gasteiger partial charge < -0.3 is 4.43 Å². The van der Waals surface area contributed by atoms with Crippen molar-refractivity contribution < 1.29 is 4.43 Å². The van der Waals surface area contributed by atoms with Gasteiger partial charge in [0.15, 0.2) is 0 Å². The minimum Gasteiger partial charge on any atom is -0.543 e. The van der Waals surface area contributed by atoms with Crippen LogP contribution in [0, 0.1) is 0 Å². The molecule has 0 saturated carbocycles. The standard InChI is InChI=1S/C33H43N3OSi/c1-33(2,3)38(4,5)37-28-17-15-27-16-18-31-29(14-9-19-34-31)32(30(27)25-28)36-23-21-35(22-24-36)20-10-13-26-11-7-6-8-12-26/h6-15,17,19,25,32H,16,18,20-24H2,1-5H3/b13-10+. The molecule has 1 aliphatic carbocycles. The summed E-state index contributed by atoms with van der Waals surface area (Å²) in [5.41, 5.74) is 6.72. The molecule has 0 N–H and O–H groups in total. The van der Waals surface area contributed by atoms with E-state index in [0.29, 0.717) is 0 Å². The lowest BCUT2D eigenvalue weighted by molar-refractivity contribution is 0.117. The Hall–Kier alpha value is -2.73. The highest BCUT2D eigenvalue weighted by Gasteiger charge is 2.39. The lowest BCUT2D eigenvalue weighted by Crippen LogP contribution is -2.48.